The lowest BCUT2D eigenvalue weighted by molar-refractivity contribution is 0.0959. The smallest absolute Gasteiger partial charge is 0.219 e. The molecule has 0 amide bonds. The predicted molar refractivity (Wildman–Crippen MR) is 254 cm³/mol. The fourth-order valence-electron chi connectivity index (χ4n) is 6.93. The van der Waals surface area contributed by atoms with Crippen LogP contribution in [0.3, 0.4) is 0 Å². The van der Waals surface area contributed by atoms with Crippen LogP contribution in [0.2, 0.25) is 0 Å². The SMILES string of the molecule is Cc1nn([C@H](CC(=O)c2ccccc2)c2ccccc2)c(=S)n1/N=C/c1ccccc1O.Cc1nn([C@H](CC(=O)c2ccccc2)c2ccccc2)c(=S)n1/N=C/c1ccccc1O. The van der Waals surface area contributed by atoms with E-state index in [9.17, 15) is 19.8 Å². The van der Waals surface area contributed by atoms with Gasteiger partial charge in [0.05, 0.1) is 24.5 Å². The predicted octanol–water partition coefficient (Wildman–Crippen LogP) is 10.3. The first-order valence-corrected chi connectivity index (χ1v) is 21.2. The fourth-order valence-corrected chi connectivity index (χ4v) is 7.63. The van der Waals surface area contributed by atoms with Crippen molar-refractivity contribution in [2.75, 3.05) is 0 Å². The number of ketones is 2. The number of aromatic nitrogens is 6. The van der Waals surface area contributed by atoms with Crippen LogP contribution in [0, 0.1) is 23.4 Å². The average Bonchev–Trinajstić information content (AvgIpc) is 3.78. The Morgan fingerprint density at radius 1 is 0.516 bits per heavy atom. The van der Waals surface area contributed by atoms with Gasteiger partial charge in [-0.1, -0.05) is 146 Å². The summed E-state index contributed by atoms with van der Waals surface area (Å²) in [6.07, 6.45) is 3.50. The first-order valence-electron chi connectivity index (χ1n) is 20.4. The standard InChI is InChI=1S/2C25H22N4O2S/c2*1-18-27-29(25(32)28(18)26-17-21-14-8-9-15-23(21)30)22(19-10-4-2-5-11-19)16-24(31)20-12-6-3-7-13-20/h2*2-15,17,22,30H,16H2,1H3/b2*26-17+/t2*22-/m11/s1. The van der Waals surface area contributed by atoms with Crippen molar-refractivity contribution in [1.82, 2.24) is 28.9 Å². The third-order valence-corrected chi connectivity index (χ3v) is 11.0. The number of aryl methyl sites for hydroxylation is 2. The molecule has 0 aliphatic carbocycles. The lowest BCUT2D eigenvalue weighted by Gasteiger charge is -2.17. The number of Topliss-reactive ketones (excluding diaryl/α,β-unsaturated/α-hetero) is 2. The molecule has 0 radical (unpaired) electrons. The molecule has 0 saturated heterocycles. The van der Waals surface area contributed by atoms with Gasteiger partial charge >= 0.3 is 0 Å². The number of hydrogen-bond donors (Lipinski definition) is 2. The molecule has 12 nitrogen and oxygen atoms in total. The molecule has 0 spiro atoms. The molecular formula is C50H44N8O4S2. The van der Waals surface area contributed by atoms with Crippen molar-refractivity contribution in [1.29, 1.82) is 0 Å². The molecule has 0 aliphatic heterocycles. The summed E-state index contributed by atoms with van der Waals surface area (Å²) in [5.74, 6) is 1.42. The first kappa shape index (κ1) is 44.4. The molecule has 320 valence electrons. The zero-order valence-electron chi connectivity index (χ0n) is 35.0. The van der Waals surface area contributed by atoms with E-state index >= 15 is 0 Å². The van der Waals surface area contributed by atoms with Crippen molar-refractivity contribution in [2.45, 2.75) is 38.8 Å². The number of nitrogens with zero attached hydrogens (tertiary/aromatic N) is 8. The maximum Gasteiger partial charge on any atom is 0.219 e. The molecule has 8 aromatic rings. The van der Waals surface area contributed by atoms with Crippen molar-refractivity contribution >= 4 is 48.4 Å². The van der Waals surface area contributed by atoms with Gasteiger partial charge < -0.3 is 10.2 Å². The summed E-state index contributed by atoms with van der Waals surface area (Å²) < 4.78 is 7.13. The molecule has 2 N–H and O–H groups in total. The van der Waals surface area contributed by atoms with E-state index in [0.29, 0.717) is 43.4 Å². The number of phenolic OH excluding ortho intramolecular Hbond substituents is 2. The van der Waals surface area contributed by atoms with Crippen LogP contribution in [0.15, 0.2) is 180 Å². The summed E-state index contributed by atoms with van der Waals surface area (Å²) in [6, 6.07) is 50.9. The highest BCUT2D eigenvalue weighted by Crippen LogP contribution is 2.27. The average molecular weight is 885 g/mol. The van der Waals surface area contributed by atoms with Crippen LogP contribution in [0.1, 0.15) is 79.5 Å². The maximum atomic E-state index is 13.0. The number of aromatic hydroxyl groups is 2. The van der Waals surface area contributed by atoms with E-state index < -0.39 is 0 Å². The summed E-state index contributed by atoms with van der Waals surface area (Å²) in [5.41, 5.74) is 4.30. The zero-order valence-corrected chi connectivity index (χ0v) is 36.6. The van der Waals surface area contributed by atoms with Gasteiger partial charge in [0.1, 0.15) is 11.5 Å². The Balaban J connectivity index is 0.000000191. The van der Waals surface area contributed by atoms with E-state index in [0.717, 1.165) is 11.1 Å². The summed E-state index contributed by atoms with van der Waals surface area (Å²) in [5, 5.41) is 38.1. The van der Waals surface area contributed by atoms with E-state index in [1.165, 1.54) is 21.8 Å². The lowest BCUT2D eigenvalue weighted by atomic mass is 9.98. The number of para-hydroxylation sites is 2. The highest BCUT2D eigenvalue weighted by atomic mass is 32.1. The Kier molecular flexibility index (Phi) is 14.5. The minimum absolute atomic E-state index is 0.00580. The van der Waals surface area contributed by atoms with Crippen molar-refractivity contribution < 1.29 is 19.8 Å². The molecule has 8 rings (SSSR count). The number of carbonyl (C=O) groups is 2. The number of benzene rings is 6. The van der Waals surface area contributed by atoms with Crippen LogP contribution in [0.5, 0.6) is 11.5 Å². The van der Waals surface area contributed by atoms with Crippen LogP contribution < -0.4 is 0 Å². The second-order valence-corrected chi connectivity index (χ2v) is 15.3. The molecule has 0 unspecified atom stereocenters. The van der Waals surface area contributed by atoms with Gasteiger partial charge in [0.25, 0.3) is 0 Å². The molecule has 2 heterocycles. The van der Waals surface area contributed by atoms with Crippen LogP contribution in [0.4, 0.5) is 0 Å². The summed E-state index contributed by atoms with van der Waals surface area (Å²) >= 11 is 11.4. The fraction of sp³-hybridized carbons (Fsp3) is 0.120. The molecule has 2 atom stereocenters. The van der Waals surface area contributed by atoms with Crippen LogP contribution in [-0.4, -0.2) is 63.1 Å². The summed E-state index contributed by atoms with van der Waals surface area (Å²) in [6.45, 7) is 3.60. The van der Waals surface area contributed by atoms with Gasteiger partial charge in [-0.2, -0.15) is 29.8 Å². The Bertz CT molecular complexity index is 2830. The summed E-state index contributed by atoms with van der Waals surface area (Å²) in [7, 11) is 0. The largest absolute Gasteiger partial charge is 0.507 e. The van der Waals surface area contributed by atoms with Gasteiger partial charge in [-0.15, -0.1) is 0 Å². The Hall–Kier alpha value is -7.68. The Morgan fingerprint density at radius 2 is 0.828 bits per heavy atom. The Morgan fingerprint density at radius 3 is 1.17 bits per heavy atom. The highest BCUT2D eigenvalue weighted by Gasteiger charge is 2.24. The van der Waals surface area contributed by atoms with Gasteiger partial charge in [0.2, 0.25) is 9.54 Å². The second kappa shape index (κ2) is 20.9. The normalized spacial score (nSPS) is 12.2. The van der Waals surface area contributed by atoms with Crippen LogP contribution >= 0.6 is 24.4 Å². The topological polar surface area (TPSA) is 145 Å². The zero-order chi connectivity index (χ0) is 45.0. The molecule has 0 saturated carbocycles. The van der Waals surface area contributed by atoms with E-state index in [-0.39, 0.29) is 48.0 Å². The molecular weight excluding hydrogens is 841 g/mol. The molecule has 64 heavy (non-hydrogen) atoms. The monoisotopic (exact) mass is 884 g/mol. The van der Waals surface area contributed by atoms with E-state index in [1.807, 2.05) is 133 Å². The number of rotatable bonds is 14. The second-order valence-electron chi connectivity index (χ2n) is 14.6. The van der Waals surface area contributed by atoms with Gasteiger partial charge in [0.15, 0.2) is 23.2 Å². The third kappa shape index (κ3) is 10.7. The number of carbonyl (C=O) groups excluding carboxylic acids is 2. The van der Waals surface area contributed by atoms with Crippen molar-refractivity contribution in [2.24, 2.45) is 10.2 Å². The minimum atomic E-state index is -0.378. The molecule has 6 aromatic carbocycles. The van der Waals surface area contributed by atoms with E-state index in [1.54, 1.807) is 59.6 Å². The molecule has 2 aromatic heterocycles. The van der Waals surface area contributed by atoms with Crippen molar-refractivity contribution in [3.05, 3.63) is 224 Å². The van der Waals surface area contributed by atoms with Crippen molar-refractivity contribution in [3.63, 3.8) is 0 Å². The number of hydrogen-bond acceptors (Lipinski definition) is 10. The van der Waals surface area contributed by atoms with Crippen LogP contribution in [-0.2, 0) is 0 Å². The van der Waals surface area contributed by atoms with Gasteiger partial charge in [-0.05, 0) is 73.7 Å². The molecule has 0 bridgehead atoms. The number of phenols is 2. The minimum Gasteiger partial charge on any atom is -0.507 e. The van der Waals surface area contributed by atoms with Gasteiger partial charge in [0, 0.05) is 35.1 Å². The Labute approximate surface area is 380 Å². The van der Waals surface area contributed by atoms with E-state index in [2.05, 4.69) is 20.4 Å². The quantitative estimate of drug-likeness (QED) is 0.0624. The van der Waals surface area contributed by atoms with E-state index in [4.69, 9.17) is 24.4 Å². The van der Waals surface area contributed by atoms with Gasteiger partial charge in [-0.25, -0.2) is 9.36 Å². The lowest BCUT2D eigenvalue weighted by Crippen LogP contribution is -2.17. The van der Waals surface area contributed by atoms with Gasteiger partial charge in [-0.3, -0.25) is 9.59 Å². The molecule has 0 aliphatic rings. The van der Waals surface area contributed by atoms with Crippen LogP contribution in [0.25, 0.3) is 0 Å². The first-order chi connectivity index (χ1) is 31.1. The summed E-state index contributed by atoms with van der Waals surface area (Å²) in [4.78, 5) is 26.0. The molecule has 14 heteroatoms. The highest BCUT2D eigenvalue weighted by molar-refractivity contribution is 7.71. The molecule has 0 fully saturated rings. The van der Waals surface area contributed by atoms with Crippen molar-refractivity contribution in [3.8, 4) is 11.5 Å². The maximum absolute atomic E-state index is 13.0. The third-order valence-electron chi connectivity index (χ3n) is 10.3.